The highest BCUT2D eigenvalue weighted by Gasteiger charge is 2.43. The number of carbonyl (C=O) groups is 1. The number of aromatic nitrogens is 2. The molecule has 1 N–H and O–H groups in total. The predicted molar refractivity (Wildman–Crippen MR) is 111 cm³/mol. The summed E-state index contributed by atoms with van der Waals surface area (Å²) in [5, 5.41) is 2.82. The number of nitrogens with one attached hydrogen (secondary N) is 1. The van der Waals surface area contributed by atoms with Gasteiger partial charge in [0.1, 0.15) is 24.9 Å². The maximum atomic E-state index is 13.2. The number of hydrogen-bond donors (Lipinski definition) is 1. The van der Waals surface area contributed by atoms with Crippen LogP contribution in [0.1, 0.15) is 17.8 Å². The van der Waals surface area contributed by atoms with E-state index < -0.39 is 12.1 Å². The number of halogens is 1. The third kappa shape index (κ3) is 4.76. The second kappa shape index (κ2) is 9.06. The highest BCUT2D eigenvalue weighted by Crippen LogP contribution is 2.37. The summed E-state index contributed by atoms with van der Waals surface area (Å²) in [6.07, 6.45) is 0.804. The van der Waals surface area contributed by atoms with E-state index in [2.05, 4.69) is 20.2 Å². The van der Waals surface area contributed by atoms with Crippen molar-refractivity contribution in [2.75, 3.05) is 44.8 Å². The quantitative estimate of drug-likeness (QED) is 0.751. The number of amides is 1. The van der Waals surface area contributed by atoms with Gasteiger partial charge in [0, 0.05) is 47.8 Å². The van der Waals surface area contributed by atoms with Crippen molar-refractivity contribution in [3.05, 3.63) is 35.9 Å². The van der Waals surface area contributed by atoms with E-state index in [-0.39, 0.29) is 5.91 Å². The summed E-state index contributed by atoms with van der Waals surface area (Å²) >= 11 is 0. The van der Waals surface area contributed by atoms with Gasteiger partial charge >= 0.3 is 0 Å². The molecule has 0 spiro atoms. The third-order valence-electron chi connectivity index (χ3n) is 5.56. The Morgan fingerprint density at radius 1 is 1.27 bits per heavy atom. The Morgan fingerprint density at radius 2 is 1.97 bits per heavy atom. The molecule has 1 aromatic heterocycles. The summed E-state index contributed by atoms with van der Waals surface area (Å²) in [4.78, 5) is 23.1. The first-order valence-corrected chi connectivity index (χ1v) is 10.3. The van der Waals surface area contributed by atoms with Gasteiger partial charge in [0.2, 0.25) is 5.91 Å². The molecule has 2 aliphatic rings. The zero-order valence-corrected chi connectivity index (χ0v) is 17.4. The third-order valence-corrected chi connectivity index (χ3v) is 5.56. The highest BCUT2D eigenvalue weighted by atomic mass is 19.1. The first-order valence-electron chi connectivity index (χ1n) is 10.3. The van der Waals surface area contributed by atoms with Crippen molar-refractivity contribution in [3.8, 4) is 16.9 Å². The molecule has 0 unspecified atom stereocenters. The van der Waals surface area contributed by atoms with E-state index >= 15 is 0 Å². The van der Waals surface area contributed by atoms with Crippen LogP contribution in [-0.2, 0) is 9.53 Å². The summed E-state index contributed by atoms with van der Waals surface area (Å²) in [6, 6.07) is 5.49. The summed E-state index contributed by atoms with van der Waals surface area (Å²) in [6.45, 7) is 8.50. The van der Waals surface area contributed by atoms with E-state index in [1.165, 1.54) is 6.33 Å². The van der Waals surface area contributed by atoms with Gasteiger partial charge in [-0.25, -0.2) is 14.4 Å². The van der Waals surface area contributed by atoms with Crippen LogP contribution in [0.5, 0.6) is 5.75 Å². The maximum absolute atomic E-state index is 13.2. The molecule has 0 radical (unpaired) electrons. The maximum Gasteiger partial charge on any atom is 0.230 e. The Hall–Kier alpha value is -2.58. The molecular weight excluding hydrogens is 387 g/mol. The fourth-order valence-electron chi connectivity index (χ4n) is 3.69. The lowest BCUT2D eigenvalue weighted by Gasteiger charge is -2.26. The molecule has 0 bridgehead atoms. The topological polar surface area (TPSA) is 76.6 Å². The number of nitrogens with zero attached hydrogens (tertiary/aromatic N) is 3. The Balaban J connectivity index is 1.55. The molecule has 2 heterocycles. The van der Waals surface area contributed by atoms with Crippen molar-refractivity contribution < 1.29 is 18.7 Å². The van der Waals surface area contributed by atoms with Crippen LogP contribution >= 0.6 is 0 Å². The van der Waals surface area contributed by atoms with Crippen LogP contribution in [0.2, 0.25) is 0 Å². The largest absolute Gasteiger partial charge is 0.492 e. The molecule has 160 valence electrons. The molecule has 8 heteroatoms. The first-order chi connectivity index (χ1) is 14.5. The SMILES string of the molecule is Cc1ncnc(C)c1-c1cc(NC(=O)[C@@H]2C[C@@H]2F)ccc1OCCN1CCOCC1. The van der Waals surface area contributed by atoms with Gasteiger partial charge in [0.15, 0.2) is 0 Å². The molecule has 1 aromatic carbocycles. The number of morpholine rings is 1. The van der Waals surface area contributed by atoms with Crippen molar-refractivity contribution in [1.29, 1.82) is 0 Å². The minimum absolute atomic E-state index is 0.285. The van der Waals surface area contributed by atoms with Crippen LogP contribution in [-0.4, -0.2) is 66.4 Å². The number of aryl methyl sites for hydroxylation is 2. The lowest BCUT2D eigenvalue weighted by Crippen LogP contribution is -2.38. The van der Waals surface area contributed by atoms with E-state index in [1.807, 2.05) is 26.0 Å². The van der Waals surface area contributed by atoms with Gasteiger partial charge in [-0.1, -0.05) is 0 Å². The van der Waals surface area contributed by atoms with E-state index in [4.69, 9.17) is 9.47 Å². The standard InChI is InChI=1S/C22H27FN4O3/c1-14-21(15(2)25-13-24-14)18-11-16(26-22(28)17-12-19(17)23)3-4-20(18)30-10-7-27-5-8-29-9-6-27/h3-4,11,13,17,19H,5-10,12H2,1-2H3,(H,26,28)/t17-,19+/m1/s1. The highest BCUT2D eigenvalue weighted by molar-refractivity contribution is 5.95. The lowest BCUT2D eigenvalue weighted by atomic mass is 10.0. The summed E-state index contributed by atoms with van der Waals surface area (Å²) in [7, 11) is 0. The van der Waals surface area contributed by atoms with Gasteiger partial charge in [-0.3, -0.25) is 9.69 Å². The van der Waals surface area contributed by atoms with Crippen molar-refractivity contribution in [2.45, 2.75) is 26.4 Å². The summed E-state index contributed by atoms with van der Waals surface area (Å²) < 4.78 is 24.7. The molecule has 7 nitrogen and oxygen atoms in total. The Kier molecular flexibility index (Phi) is 6.24. The van der Waals surface area contributed by atoms with Crippen molar-refractivity contribution >= 4 is 11.6 Å². The second-order valence-corrected chi connectivity index (χ2v) is 7.78. The van der Waals surface area contributed by atoms with Crippen LogP contribution in [0.25, 0.3) is 11.1 Å². The number of anilines is 1. The summed E-state index contributed by atoms with van der Waals surface area (Å²) in [5.41, 5.74) is 3.96. The molecule has 2 aromatic rings. The monoisotopic (exact) mass is 414 g/mol. The van der Waals surface area contributed by atoms with Crippen LogP contribution in [0.15, 0.2) is 24.5 Å². The second-order valence-electron chi connectivity index (χ2n) is 7.78. The van der Waals surface area contributed by atoms with Gasteiger partial charge in [-0.05, 0) is 38.5 Å². The van der Waals surface area contributed by atoms with Gasteiger partial charge in [-0.2, -0.15) is 0 Å². The number of benzene rings is 1. The fourth-order valence-corrected chi connectivity index (χ4v) is 3.69. The lowest BCUT2D eigenvalue weighted by molar-refractivity contribution is -0.117. The molecule has 4 rings (SSSR count). The molecule has 1 amide bonds. The predicted octanol–water partition coefficient (Wildman–Crippen LogP) is 2.77. The molecule has 30 heavy (non-hydrogen) atoms. The number of ether oxygens (including phenoxy) is 2. The number of rotatable bonds is 7. The van der Waals surface area contributed by atoms with Crippen LogP contribution in [0.4, 0.5) is 10.1 Å². The van der Waals surface area contributed by atoms with E-state index in [0.29, 0.717) is 24.5 Å². The number of carbonyl (C=O) groups excluding carboxylic acids is 1. The normalized spacial score (nSPS) is 21.3. The van der Waals surface area contributed by atoms with Gasteiger partial charge in [-0.15, -0.1) is 0 Å². The van der Waals surface area contributed by atoms with E-state index in [9.17, 15) is 9.18 Å². The molecule has 1 saturated carbocycles. The van der Waals surface area contributed by atoms with E-state index in [1.54, 1.807) is 6.07 Å². The first kappa shape index (κ1) is 20.7. The molecule has 1 aliphatic carbocycles. The Morgan fingerprint density at radius 3 is 2.63 bits per heavy atom. The van der Waals surface area contributed by atoms with Crippen LogP contribution in [0.3, 0.4) is 0 Å². The smallest absolute Gasteiger partial charge is 0.230 e. The van der Waals surface area contributed by atoms with Gasteiger partial charge < -0.3 is 14.8 Å². The zero-order chi connectivity index (χ0) is 21.1. The Bertz CT molecular complexity index is 897. The van der Waals surface area contributed by atoms with Gasteiger partial charge in [0.25, 0.3) is 0 Å². The molecule has 1 aliphatic heterocycles. The summed E-state index contributed by atoms with van der Waals surface area (Å²) in [5.74, 6) is -0.120. The van der Waals surface area contributed by atoms with E-state index in [0.717, 1.165) is 55.4 Å². The number of alkyl halides is 1. The van der Waals surface area contributed by atoms with Crippen molar-refractivity contribution in [3.63, 3.8) is 0 Å². The van der Waals surface area contributed by atoms with Crippen LogP contribution < -0.4 is 10.1 Å². The Labute approximate surface area is 175 Å². The fraction of sp³-hybridized carbons (Fsp3) is 0.500. The van der Waals surface area contributed by atoms with Gasteiger partial charge in [0.05, 0.1) is 19.1 Å². The molecule has 2 fully saturated rings. The minimum atomic E-state index is -1.03. The average Bonchev–Trinajstić information content (AvgIpc) is 3.47. The average molecular weight is 414 g/mol. The van der Waals surface area contributed by atoms with Crippen molar-refractivity contribution in [1.82, 2.24) is 14.9 Å². The van der Waals surface area contributed by atoms with Crippen molar-refractivity contribution in [2.24, 2.45) is 5.92 Å². The van der Waals surface area contributed by atoms with Crippen LogP contribution in [0, 0.1) is 19.8 Å². The zero-order valence-electron chi connectivity index (χ0n) is 17.4. The number of hydrogen-bond acceptors (Lipinski definition) is 6. The molecular formula is C22H27FN4O3. The molecule has 1 saturated heterocycles. The minimum Gasteiger partial charge on any atom is -0.492 e. The molecule has 2 atom stereocenters.